The zero-order chi connectivity index (χ0) is 21.1. The first-order chi connectivity index (χ1) is 14.5. The average Bonchev–Trinajstić information content (AvgIpc) is 3.16. The van der Waals surface area contributed by atoms with Crippen LogP contribution < -0.4 is 15.1 Å². The molecule has 0 aliphatic carbocycles. The molecule has 2 atom stereocenters. The van der Waals surface area contributed by atoms with Crippen LogP contribution in [-0.2, 0) is 14.3 Å². The molecule has 4 rings (SSSR count). The van der Waals surface area contributed by atoms with E-state index in [1.165, 1.54) is 5.69 Å². The topological polar surface area (TPSA) is 61.9 Å². The molecular formula is C23H26BrN3O3. The molecule has 2 unspecified atom stereocenters. The van der Waals surface area contributed by atoms with E-state index in [2.05, 4.69) is 50.4 Å². The maximum Gasteiger partial charge on any atom is 0.227 e. The molecular weight excluding hydrogens is 446 g/mol. The predicted molar refractivity (Wildman–Crippen MR) is 121 cm³/mol. The number of carbonyl (C=O) groups excluding carboxylic acids is 2. The van der Waals surface area contributed by atoms with Crippen molar-refractivity contribution in [1.82, 2.24) is 5.32 Å². The smallest absolute Gasteiger partial charge is 0.227 e. The third kappa shape index (κ3) is 4.52. The lowest BCUT2D eigenvalue weighted by molar-refractivity contribution is -0.126. The number of benzene rings is 2. The number of halogens is 1. The van der Waals surface area contributed by atoms with Crippen molar-refractivity contribution in [3.8, 4) is 0 Å². The van der Waals surface area contributed by atoms with Crippen molar-refractivity contribution in [2.24, 2.45) is 5.92 Å². The monoisotopic (exact) mass is 471 g/mol. The second-order valence-electron chi connectivity index (χ2n) is 7.78. The number of amides is 2. The van der Waals surface area contributed by atoms with Crippen LogP contribution in [0.1, 0.15) is 24.9 Å². The highest BCUT2D eigenvalue weighted by Gasteiger charge is 2.36. The molecule has 6 nitrogen and oxygen atoms in total. The van der Waals surface area contributed by atoms with Crippen molar-refractivity contribution in [2.75, 3.05) is 42.6 Å². The Labute approximate surface area is 185 Å². The fraction of sp³-hybridized carbons (Fsp3) is 0.391. The molecule has 2 aliphatic heterocycles. The average molecular weight is 472 g/mol. The lowest BCUT2D eigenvalue weighted by atomic mass is 10.0. The van der Waals surface area contributed by atoms with Gasteiger partial charge in [-0.2, -0.15) is 0 Å². The van der Waals surface area contributed by atoms with Gasteiger partial charge < -0.3 is 19.9 Å². The summed E-state index contributed by atoms with van der Waals surface area (Å²) in [6.07, 6.45) is 0.232. The fourth-order valence-electron chi connectivity index (χ4n) is 4.00. The highest BCUT2D eigenvalue weighted by Crippen LogP contribution is 2.31. The van der Waals surface area contributed by atoms with Crippen LogP contribution in [-0.4, -0.2) is 44.7 Å². The molecule has 30 heavy (non-hydrogen) atoms. The Bertz CT molecular complexity index is 912. The zero-order valence-electron chi connectivity index (χ0n) is 17.0. The largest absolute Gasteiger partial charge is 0.378 e. The van der Waals surface area contributed by atoms with Crippen molar-refractivity contribution in [2.45, 2.75) is 19.4 Å². The minimum Gasteiger partial charge on any atom is -0.378 e. The van der Waals surface area contributed by atoms with Gasteiger partial charge in [0.25, 0.3) is 0 Å². The summed E-state index contributed by atoms with van der Waals surface area (Å²) >= 11 is 3.49. The van der Waals surface area contributed by atoms with Crippen molar-refractivity contribution < 1.29 is 14.3 Å². The molecule has 1 N–H and O–H groups in total. The third-order valence-corrected chi connectivity index (χ3v) is 6.44. The van der Waals surface area contributed by atoms with E-state index in [0.717, 1.165) is 42.0 Å². The lowest BCUT2D eigenvalue weighted by Crippen LogP contribution is -2.36. The Kier molecular flexibility index (Phi) is 6.39. The summed E-state index contributed by atoms with van der Waals surface area (Å²) in [5.74, 6) is -0.452. The number of carbonyl (C=O) groups is 2. The number of anilines is 2. The van der Waals surface area contributed by atoms with Crippen LogP contribution in [0.2, 0.25) is 0 Å². The van der Waals surface area contributed by atoms with E-state index in [1.54, 1.807) is 4.90 Å². The van der Waals surface area contributed by atoms with Gasteiger partial charge in [0, 0.05) is 36.2 Å². The molecule has 158 valence electrons. The van der Waals surface area contributed by atoms with Gasteiger partial charge in [0.05, 0.1) is 30.9 Å². The van der Waals surface area contributed by atoms with Gasteiger partial charge >= 0.3 is 0 Å². The van der Waals surface area contributed by atoms with Crippen molar-refractivity contribution in [3.05, 3.63) is 58.6 Å². The minimum absolute atomic E-state index is 0.0235. The first-order valence-electron chi connectivity index (χ1n) is 10.3. The number of nitrogens with one attached hydrogen (secondary N) is 1. The molecule has 0 saturated carbocycles. The summed E-state index contributed by atoms with van der Waals surface area (Å²) < 4.78 is 6.26. The summed E-state index contributed by atoms with van der Waals surface area (Å²) in [6, 6.07) is 15.8. The van der Waals surface area contributed by atoms with Gasteiger partial charge in [-0.05, 0) is 52.7 Å². The van der Waals surface area contributed by atoms with Crippen LogP contribution in [0, 0.1) is 5.92 Å². The summed E-state index contributed by atoms with van der Waals surface area (Å²) in [5.41, 5.74) is 3.03. The van der Waals surface area contributed by atoms with Gasteiger partial charge in [-0.25, -0.2) is 0 Å². The molecule has 2 amide bonds. The van der Waals surface area contributed by atoms with Crippen LogP contribution in [0.25, 0.3) is 0 Å². The molecule has 0 bridgehead atoms. The predicted octanol–water partition coefficient (Wildman–Crippen LogP) is 3.52. The van der Waals surface area contributed by atoms with Crippen LogP contribution in [0.4, 0.5) is 11.4 Å². The molecule has 7 heteroatoms. The summed E-state index contributed by atoms with van der Waals surface area (Å²) in [6.45, 7) is 5.68. The van der Waals surface area contributed by atoms with Crippen LogP contribution in [0.3, 0.4) is 0 Å². The van der Waals surface area contributed by atoms with E-state index in [4.69, 9.17) is 4.74 Å². The Morgan fingerprint density at radius 3 is 2.53 bits per heavy atom. The van der Waals surface area contributed by atoms with Gasteiger partial charge in [0.15, 0.2) is 0 Å². The van der Waals surface area contributed by atoms with E-state index in [9.17, 15) is 9.59 Å². The number of morpholine rings is 1. The van der Waals surface area contributed by atoms with Crippen LogP contribution in [0.5, 0.6) is 0 Å². The highest BCUT2D eigenvalue weighted by molar-refractivity contribution is 9.10. The van der Waals surface area contributed by atoms with Gasteiger partial charge in [0.2, 0.25) is 11.8 Å². The maximum atomic E-state index is 12.8. The van der Waals surface area contributed by atoms with Gasteiger partial charge in [-0.15, -0.1) is 0 Å². The Morgan fingerprint density at radius 2 is 1.83 bits per heavy atom. The quantitative estimate of drug-likeness (QED) is 0.724. The first-order valence-corrected chi connectivity index (χ1v) is 11.1. The molecule has 2 heterocycles. The molecule has 0 spiro atoms. The second-order valence-corrected chi connectivity index (χ2v) is 8.63. The molecule has 2 aromatic carbocycles. The maximum absolute atomic E-state index is 12.8. The highest BCUT2D eigenvalue weighted by atomic mass is 79.9. The van der Waals surface area contributed by atoms with E-state index in [-0.39, 0.29) is 30.2 Å². The molecule has 2 aromatic rings. The Morgan fingerprint density at radius 1 is 1.13 bits per heavy atom. The van der Waals surface area contributed by atoms with Crippen LogP contribution >= 0.6 is 15.9 Å². The van der Waals surface area contributed by atoms with E-state index in [0.29, 0.717) is 6.54 Å². The molecule has 2 aliphatic rings. The summed E-state index contributed by atoms with van der Waals surface area (Å²) in [5, 5.41) is 3.08. The van der Waals surface area contributed by atoms with Crippen LogP contribution in [0.15, 0.2) is 53.0 Å². The molecule has 2 saturated heterocycles. The number of hydrogen-bond donors (Lipinski definition) is 1. The lowest BCUT2D eigenvalue weighted by Gasteiger charge is -2.29. The SMILES string of the molecule is CC(NC(=O)C1CC(=O)N(c2ccccc2Br)C1)c1ccc(N2CCOCC2)cc1. The first kappa shape index (κ1) is 20.9. The number of para-hydroxylation sites is 1. The van der Waals surface area contributed by atoms with E-state index >= 15 is 0 Å². The van der Waals surface area contributed by atoms with Gasteiger partial charge in [-0.3, -0.25) is 9.59 Å². The standard InChI is InChI=1S/C23H26BrN3O3/c1-16(17-6-8-19(9-7-17)26-10-12-30-13-11-26)25-23(29)18-14-22(28)27(15-18)21-5-3-2-4-20(21)24/h2-9,16,18H,10-15H2,1H3,(H,25,29). The summed E-state index contributed by atoms with van der Waals surface area (Å²) in [4.78, 5) is 29.3. The van der Waals surface area contributed by atoms with Gasteiger partial charge in [0.1, 0.15) is 0 Å². The van der Waals surface area contributed by atoms with E-state index in [1.807, 2.05) is 31.2 Å². The number of rotatable bonds is 5. The third-order valence-electron chi connectivity index (χ3n) is 5.77. The van der Waals surface area contributed by atoms with Gasteiger partial charge in [-0.1, -0.05) is 24.3 Å². The fourth-order valence-corrected chi connectivity index (χ4v) is 4.50. The number of hydrogen-bond acceptors (Lipinski definition) is 4. The summed E-state index contributed by atoms with van der Waals surface area (Å²) in [7, 11) is 0. The van der Waals surface area contributed by atoms with E-state index < -0.39 is 0 Å². The van der Waals surface area contributed by atoms with Crippen molar-refractivity contribution >= 4 is 39.1 Å². The minimum atomic E-state index is -0.348. The second kappa shape index (κ2) is 9.18. The number of nitrogens with zero attached hydrogens (tertiary/aromatic N) is 2. The molecule has 0 radical (unpaired) electrons. The molecule has 0 aromatic heterocycles. The number of ether oxygens (including phenoxy) is 1. The Hall–Kier alpha value is -2.38. The van der Waals surface area contributed by atoms with Crippen molar-refractivity contribution in [3.63, 3.8) is 0 Å². The normalized spacial score (nSPS) is 20.3. The zero-order valence-corrected chi connectivity index (χ0v) is 18.6. The molecule has 2 fully saturated rings. The Balaban J connectivity index is 1.36. The van der Waals surface area contributed by atoms with Crippen molar-refractivity contribution in [1.29, 1.82) is 0 Å².